The summed E-state index contributed by atoms with van der Waals surface area (Å²) in [4.78, 5) is 24.9. The molecule has 0 spiro atoms. The summed E-state index contributed by atoms with van der Waals surface area (Å²) in [6.45, 7) is 5.90. The molecule has 3 nitrogen and oxygen atoms in total. The second-order valence-corrected chi connectivity index (χ2v) is 9.57. The van der Waals surface area contributed by atoms with Gasteiger partial charge in [-0.25, -0.2) is 0 Å². The monoisotopic (exact) mass is 353 g/mol. The summed E-state index contributed by atoms with van der Waals surface area (Å²) in [5.74, 6) is 3.01. The molecule has 0 heterocycles. The van der Waals surface area contributed by atoms with E-state index in [2.05, 4.69) is 19.2 Å². The van der Waals surface area contributed by atoms with E-state index < -0.39 is 0 Å². The van der Waals surface area contributed by atoms with Gasteiger partial charge in [0.15, 0.2) is 5.78 Å². The van der Waals surface area contributed by atoms with E-state index in [1.165, 1.54) is 19.3 Å². The van der Waals surface area contributed by atoms with Crippen LogP contribution in [0.4, 0.5) is 0 Å². The fraction of sp³-hybridized carbons (Fsp3) is 0.652. The van der Waals surface area contributed by atoms with E-state index in [4.69, 9.17) is 0 Å². The molecule has 4 saturated carbocycles. The van der Waals surface area contributed by atoms with Crippen molar-refractivity contribution in [3.63, 3.8) is 0 Å². The molecular weight excluding hydrogens is 322 g/mol. The number of carbonyl (C=O) groups excluding carboxylic acids is 2. The van der Waals surface area contributed by atoms with Gasteiger partial charge in [0.1, 0.15) is 0 Å². The highest BCUT2D eigenvalue weighted by molar-refractivity contribution is 5.94. The van der Waals surface area contributed by atoms with Crippen LogP contribution in [0, 0.1) is 29.1 Å². The molecule has 4 fully saturated rings. The summed E-state index contributed by atoms with van der Waals surface area (Å²) in [5.41, 5.74) is 1.72. The van der Waals surface area contributed by atoms with Crippen molar-refractivity contribution in [3.8, 4) is 0 Å². The molecule has 1 N–H and O–H groups in total. The molecule has 4 aliphatic rings. The Bertz CT molecular complexity index is 668. The first-order chi connectivity index (χ1) is 12.4. The summed E-state index contributed by atoms with van der Waals surface area (Å²) in [7, 11) is 0. The second kappa shape index (κ2) is 6.51. The van der Waals surface area contributed by atoms with Crippen molar-refractivity contribution in [2.24, 2.45) is 29.1 Å². The van der Waals surface area contributed by atoms with E-state index in [-0.39, 0.29) is 23.1 Å². The van der Waals surface area contributed by atoms with Gasteiger partial charge in [0, 0.05) is 11.0 Å². The first-order valence-corrected chi connectivity index (χ1v) is 10.3. The first-order valence-electron chi connectivity index (χ1n) is 10.3. The Hall–Kier alpha value is -1.64. The van der Waals surface area contributed by atoms with Crippen LogP contribution < -0.4 is 5.32 Å². The number of rotatable bonds is 5. The Kier molecular flexibility index (Phi) is 4.45. The van der Waals surface area contributed by atoms with Gasteiger partial charge in [0.05, 0.1) is 6.04 Å². The number of carbonyl (C=O) groups is 2. The summed E-state index contributed by atoms with van der Waals surface area (Å²) < 4.78 is 0. The van der Waals surface area contributed by atoms with Gasteiger partial charge in [0.25, 0.3) is 0 Å². The molecule has 4 aliphatic carbocycles. The van der Waals surface area contributed by atoms with Crippen LogP contribution in [-0.2, 0) is 4.79 Å². The predicted octanol–water partition coefficient (Wildman–Crippen LogP) is 4.92. The molecule has 26 heavy (non-hydrogen) atoms. The predicted molar refractivity (Wildman–Crippen MR) is 103 cm³/mol. The fourth-order valence-electron chi connectivity index (χ4n) is 6.24. The van der Waals surface area contributed by atoms with Gasteiger partial charge in [-0.1, -0.05) is 38.1 Å². The lowest BCUT2D eigenvalue weighted by atomic mass is 9.49. The number of ketones is 1. The molecule has 0 aliphatic heterocycles. The highest BCUT2D eigenvalue weighted by Gasteiger charge is 2.54. The molecule has 4 bridgehead atoms. The van der Waals surface area contributed by atoms with E-state index in [1.807, 2.05) is 24.3 Å². The molecule has 5 rings (SSSR count). The summed E-state index contributed by atoms with van der Waals surface area (Å²) in [6, 6.07) is 7.77. The number of hydrogen-bond acceptors (Lipinski definition) is 2. The molecule has 1 amide bonds. The van der Waals surface area contributed by atoms with Crippen LogP contribution in [0.25, 0.3) is 0 Å². The van der Waals surface area contributed by atoms with Crippen LogP contribution in [0.2, 0.25) is 0 Å². The van der Waals surface area contributed by atoms with Gasteiger partial charge < -0.3 is 5.32 Å². The van der Waals surface area contributed by atoms with Gasteiger partial charge in [-0.3, -0.25) is 9.59 Å². The zero-order chi connectivity index (χ0) is 18.5. The van der Waals surface area contributed by atoms with Crippen LogP contribution in [0.3, 0.4) is 0 Å². The average molecular weight is 354 g/mol. The lowest BCUT2D eigenvalue weighted by molar-refractivity contribution is -0.147. The smallest absolute Gasteiger partial charge is 0.226 e. The van der Waals surface area contributed by atoms with Crippen molar-refractivity contribution in [1.82, 2.24) is 5.32 Å². The standard InChI is InChI=1S/C23H31NO2/c1-14(2)21(20-6-4-19(5-7-20)15(3)25)24-22(26)23-11-16-8-17(12-23)10-18(9-16)13-23/h4-7,14,16-18,21H,8-13H2,1-3H3,(H,24,26). The molecule has 1 aromatic rings. The van der Waals surface area contributed by atoms with E-state index >= 15 is 0 Å². The minimum Gasteiger partial charge on any atom is -0.349 e. The van der Waals surface area contributed by atoms with Crippen LogP contribution in [0.1, 0.15) is 81.3 Å². The fourth-order valence-corrected chi connectivity index (χ4v) is 6.24. The summed E-state index contributed by atoms with van der Waals surface area (Å²) in [5, 5.41) is 3.41. The highest BCUT2D eigenvalue weighted by Crippen LogP contribution is 2.60. The van der Waals surface area contributed by atoms with Crippen LogP contribution in [0.5, 0.6) is 0 Å². The minimum absolute atomic E-state index is 0.0107. The molecule has 1 atom stereocenters. The number of hydrogen-bond donors (Lipinski definition) is 1. The second-order valence-electron chi connectivity index (χ2n) is 9.57. The number of nitrogens with one attached hydrogen (secondary N) is 1. The molecule has 0 saturated heterocycles. The number of Topliss-reactive ketones (excluding diaryl/α,β-unsaturated/α-hetero) is 1. The largest absolute Gasteiger partial charge is 0.349 e. The third-order valence-corrected chi connectivity index (χ3v) is 7.15. The van der Waals surface area contributed by atoms with Crippen molar-refractivity contribution in [2.75, 3.05) is 0 Å². The van der Waals surface area contributed by atoms with Gasteiger partial charge in [-0.05, 0) is 74.7 Å². The summed E-state index contributed by atoms with van der Waals surface area (Å²) >= 11 is 0. The number of amides is 1. The molecule has 140 valence electrons. The topological polar surface area (TPSA) is 46.2 Å². The van der Waals surface area contributed by atoms with Crippen molar-refractivity contribution >= 4 is 11.7 Å². The molecule has 0 radical (unpaired) electrons. The van der Waals surface area contributed by atoms with E-state index in [0.29, 0.717) is 5.92 Å². The van der Waals surface area contributed by atoms with Crippen molar-refractivity contribution in [1.29, 1.82) is 0 Å². The third-order valence-electron chi connectivity index (χ3n) is 7.15. The SMILES string of the molecule is CC(=O)c1ccc(C(NC(=O)C23CC4CC(CC(C4)C2)C3)C(C)C)cc1. The normalized spacial score (nSPS) is 33.3. The van der Waals surface area contributed by atoms with Gasteiger partial charge >= 0.3 is 0 Å². The molecule has 3 heteroatoms. The Balaban J connectivity index is 1.53. The molecule has 1 unspecified atom stereocenters. The molecule has 0 aromatic heterocycles. The maximum atomic E-state index is 13.4. The van der Waals surface area contributed by atoms with Crippen molar-refractivity contribution in [2.45, 2.75) is 65.3 Å². The quantitative estimate of drug-likeness (QED) is 0.764. The van der Waals surface area contributed by atoms with E-state index in [9.17, 15) is 9.59 Å². The zero-order valence-corrected chi connectivity index (χ0v) is 16.3. The van der Waals surface area contributed by atoms with E-state index in [1.54, 1.807) is 6.92 Å². The van der Waals surface area contributed by atoms with Crippen LogP contribution in [-0.4, -0.2) is 11.7 Å². The minimum atomic E-state index is -0.110. The summed E-state index contributed by atoms with van der Waals surface area (Å²) in [6.07, 6.45) is 7.35. The van der Waals surface area contributed by atoms with Gasteiger partial charge in [-0.2, -0.15) is 0 Å². The first kappa shape index (κ1) is 17.8. The average Bonchev–Trinajstić information content (AvgIpc) is 2.58. The molecular formula is C23H31NO2. The van der Waals surface area contributed by atoms with E-state index in [0.717, 1.165) is 48.1 Å². The Morgan fingerprint density at radius 1 is 0.962 bits per heavy atom. The van der Waals surface area contributed by atoms with Gasteiger partial charge in [0.2, 0.25) is 5.91 Å². The Labute approximate surface area is 156 Å². The maximum Gasteiger partial charge on any atom is 0.226 e. The zero-order valence-electron chi connectivity index (χ0n) is 16.3. The van der Waals surface area contributed by atoms with Crippen LogP contribution >= 0.6 is 0 Å². The Morgan fingerprint density at radius 2 is 1.46 bits per heavy atom. The van der Waals surface area contributed by atoms with Crippen molar-refractivity contribution in [3.05, 3.63) is 35.4 Å². The van der Waals surface area contributed by atoms with Crippen molar-refractivity contribution < 1.29 is 9.59 Å². The molecule has 1 aromatic carbocycles. The number of benzene rings is 1. The Morgan fingerprint density at radius 3 is 1.88 bits per heavy atom. The lowest BCUT2D eigenvalue weighted by Crippen LogP contribution is -2.54. The highest BCUT2D eigenvalue weighted by atomic mass is 16.2. The lowest BCUT2D eigenvalue weighted by Gasteiger charge is -2.56. The maximum absolute atomic E-state index is 13.4. The van der Waals surface area contributed by atoms with Crippen LogP contribution in [0.15, 0.2) is 24.3 Å². The third kappa shape index (κ3) is 3.10. The van der Waals surface area contributed by atoms with Gasteiger partial charge in [-0.15, -0.1) is 0 Å².